The zero-order valence-electron chi connectivity index (χ0n) is 13.6. The van der Waals surface area contributed by atoms with Gasteiger partial charge in [-0.1, -0.05) is 6.07 Å². The Balaban J connectivity index is 1.83. The van der Waals surface area contributed by atoms with Crippen LogP contribution in [0.5, 0.6) is 0 Å². The summed E-state index contributed by atoms with van der Waals surface area (Å²) in [7, 11) is -3.69. The van der Waals surface area contributed by atoms with Crippen molar-refractivity contribution in [1.29, 1.82) is 0 Å². The fourth-order valence-corrected chi connectivity index (χ4v) is 5.95. The molecule has 2 heterocycles. The molecule has 3 rings (SSSR count). The van der Waals surface area contributed by atoms with Crippen LogP contribution in [0.15, 0.2) is 29.2 Å². The van der Waals surface area contributed by atoms with Crippen LogP contribution in [0.25, 0.3) is 0 Å². The lowest BCUT2D eigenvalue weighted by atomic mass is 10.2. The number of rotatable bonds is 4. The van der Waals surface area contributed by atoms with E-state index >= 15 is 0 Å². The summed E-state index contributed by atoms with van der Waals surface area (Å²) in [5, 5.41) is 0. The third kappa shape index (κ3) is 4.29. The SMILES string of the molecule is O=S(=O)(c1cccc(F)c1)N1CCCSCC1CN1CCOCC1. The van der Waals surface area contributed by atoms with Crippen LogP contribution in [0, 0.1) is 5.82 Å². The average molecular weight is 375 g/mol. The maximum atomic E-state index is 13.5. The van der Waals surface area contributed by atoms with Gasteiger partial charge in [0.2, 0.25) is 10.0 Å². The first-order valence-electron chi connectivity index (χ1n) is 8.22. The van der Waals surface area contributed by atoms with Gasteiger partial charge in [0.1, 0.15) is 5.82 Å². The van der Waals surface area contributed by atoms with Gasteiger partial charge in [0.15, 0.2) is 0 Å². The minimum absolute atomic E-state index is 0.0429. The van der Waals surface area contributed by atoms with E-state index in [1.54, 1.807) is 16.1 Å². The molecular formula is C16H23FN2O3S2. The normalized spacial score (nSPS) is 24.6. The number of halogens is 1. The van der Waals surface area contributed by atoms with Crippen molar-refractivity contribution in [3.8, 4) is 0 Å². The molecule has 0 bridgehead atoms. The Hall–Kier alpha value is -0.670. The monoisotopic (exact) mass is 374 g/mol. The second-order valence-electron chi connectivity index (χ2n) is 6.07. The van der Waals surface area contributed by atoms with Crippen LogP contribution < -0.4 is 0 Å². The second kappa shape index (κ2) is 8.14. The molecule has 1 aromatic carbocycles. The molecule has 0 saturated carbocycles. The van der Waals surface area contributed by atoms with Gasteiger partial charge in [-0.2, -0.15) is 16.1 Å². The van der Waals surface area contributed by atoms with E-state index in [1.807, 2.05) is 0 Å². The zero-order chi connectivity index (χ0) is 17.0. The first-order chi connectivity index (χ1) is 11.6. The van der Waals surface area contributed by atoms with Crippen molar-refractivity contribution in [3.63, 3.8) is 0 Å². The molecule has 0 aromatic heterocycles. The molecule has 0 amide bonds. The molecule has 1 aromatic rings. The minimum atomic E-state index is -3.69. The second-order valence-corrected chi connectivity index (χ2v) is 9.11. The maximum Gasteiger partial charge on any atom is 0.243 e. The molecular weight excluding hydrogens is 351 g/mol. The Morgan fingerprint density at radius 2 is 2.04 bits per heavy atom. The molecule has 134 valence electrons. The van der Waals surface area contributed by atoms with E-state index in [0.29, 0.717) is 26.3 Å². The molecule has 0 N–H and O–H groups in total. The first kappa shape index (κ1) is 18.1. The van der Waals surface area contributed by atoms with Crippen molar-refractivity contribution in [2.75, 3.05) is 50.9 Å². The highest BCUT2D eigenvalue weighted by molar-refractivity contribution is 7.99. The quantitative estimate of drug-likeness (QED) is 0.802. The highest BCUT2D eigenvalue weighted by Gasteiger charge is 2.34. The molecule has 2 aliphatic rings. The lowest BCUT2D eigenvalue weighted by molar-refractivity contribution is 0.0309. The molecule has 8 heteroatoms. The van der Waals surface area contributed by atoms with E-state index in [-0.39, 0.29) is 10.9 Å². The van der Waals surface area contributed by atoms with Gasteiger partial charge < -0.3 is 4.74 Å². The van der Waals surface area contributed by atoms with Crippen LogP contribution in [0.4, 0.5) is 4.39 Å². The van der Waals surface area contributed by atoms with Crippen molar-refractivity contribution in [2.45, 2.75) is 17.4 Å². The van der Waals surface area contributed by atoms with E-state index in [0.717, 1.165) is 37.1 Å². The van der Waals surface area contributed by atoms with Crippen LogP contribution in [-0.2, 0) is 14.8 Å². The smallest absolute Gasteiger partial charge is 0.243 e. The predicted octanol–water partition coefficient (Wildman–Crippen LogP) is 1.65. The van der Waals surface area contributed by atoms with Gasteiger partial charge in [-0.3, -0.25) is 4.90 Å². The van der Waals surface area contributed by atoms with Gasteiger partial charge in [-0.15, -0.1) is 0 Å². The summed E-state index contributed by atoms with van der Waals surface area (Å²) in [6.07, 6.45) is 0.818. The number of hydrogen-bond donors (Lipinski definition) is 0. The van der Waals surface area contributed by atoms with Crippen molar-refractivity contribution >= 4 is 21.8 Å². The van der Waals surface area contributed by atoms with E-state index in [9.17, 15) is 12.8 Å². The Morgan fingerprint density at radius 3 is 2.79 bits per heavy atom. The Labute approximate surface area is 147 Å². The fraction of sp³-hybridized carbons (Fsp3) is 0.625. The van der Waals surface area contributed by atoms with Gasteiger partial charge in [0.25, 0.3) is 0 Å². The summed E-state index contributed by atoms with van der Waals surface area (Å²) in [5.74, 6) is 1.20. The van der Waals surface area contributed by atoms with Crippen molar-refractivity contribution in [1.82, 2.24) is 9.21 Å². The lowest BCUT2D eigenvalue weighted by Crippen LogP contribution is -2.50. The minimum Gasteiger partial charge on any atom is -0.379 e. The third-order valence-corrected chi connectivity index (χ3v) is 7.51. The molecule has 0 spiro atoms. The van der Waals surface area contributed by atoms with Gasteiger partial charge in [0, 0.05) is 38.0 Å². The van der Waals surface area contributed by atoms with E-state index < -0.39 is 15.8 Å². The van der Waals surface area contributed by atoms with Crippen LogP contribution in [0.3, 0.4) is 0 Å². The maximum absolute atomic E-state index is 13.5. The molecule has 0 aliphatic carbocycles. The van der Waals surface area contributed by atoms with E-state index in [4.69, 9.17) is 4.74 Å². The third-order valence-electron chi connectivity index (χ3n) is 4.36. The number of ether oxygens (including phenoxy) is 1. The molecule has 1 unspecified atom stereocenters. The molecule has 2 saturated heterocycles. The molecule has 1 atom stereocenters. The van der Waals surface area contributed by atoms with E-state index in [2.05, 4.69) is 4.90 Å². The van der Waals surface area contributed by atoms with Crippen LogP contribution in [0.2, 0.25) is 0 Å². The fourth-order valence-electron chi connectivity index (χ4n) is 3.11. The molecule has 24 heavy (non-hydrogen) atoms. The van der Waals surface area contributed by atoms with Crippen molar-refractivity contribution in [2.24, 2.45) is 0 Å². The summed E-state index contributed by atoms with van der Waals surface area (Å²) >= 11 is 1.79. The first-order valence-corrected chi connectivity index (χ1v) is 10.8. The van der Waals surface area contributed by atoms with Crippen LogP contribution in [-0.4, -0.2) is 74.6 Å². The molecule has 5 nitrogen and oxygen atoms in total. The van der Waals surface area contributed by atoms with Gasteiger partial charge >= 0.3 is 0 Å². The largest absolute Gasteiger partial charge is 0.379 e. The van der Waals surface area contributed by atoms with Crippen LogP contribution >= 0.6 is 11.8 Å². The summed E-state index contributed by atoms with van der Waals surface area (Å²) in [6, 6.07) is 5.21. The Bertz CT molecular complexity index is 650. The average Bonchev–Trinajstić information content (AvgIpc) is 2.82. The lowest BCUT2D eigenvalue weighted by Gasteiger charge is -2.35. The predicted molar refractivity (Wildman–Crippen MR) is 93.3 cm³/mol. The highest BCUT2D eigenvalue weighted by atomic mass is 32.2. The standard InChI is InChI=1S/C16H23FN2O3S2/c17-14-3-1-4-16(11-14)24(20,21)19-5-2-10-23-13-15(19)12-18-6-8-22-9-7-18/h1,3-4,11,15H,2,5-10,12-13H2. The van der Waals surface area contributed by atoms with Gasteiger partial charge in [-0.05, 0) is 30.4 Å². The summed E-state index contributed by atoms with van der Waals surface area (Å²) in [6.45, 7) is 4.23. The Kier molecular flexibility index (Phi) is 6.15. The number of hydrogen-bond acceptors (Lipinski definition) is 5. The molecule has 2 aliphatic heterocycles. The topological polar surface area (TPSA) is 49.9 Å². The van der Waals surface area contributed by atoms with Crippen molar-refractivity contribution in [3.05, 3.63) is 30.1 Å². The van der Waals surface area contributed by atoms with Crippen molar-refractivity contribution < 1.29 is 17.5 Å². The summed E-state index contributed by atoms with van der Waals surface area (Å²) in [5.41, 5.74) is 0. The number of thioether (sulfide) groups is 1. The van der Waals surface area contributed by atoms with Gasteiger partial charge in [0.05, 0.1) is 18.1 Å². The summed E-state index contributed by atoms with van der Waals surface area (Å²) in [4.78, 5) is 2.30. The molecule has 0 radical (unpaired) electrons. The van der Waals surface area contributed by atoms with Crippen LogP contribution in [0.1, 0.15) is 6.42 Å². The number of nitrogens with zero attached hydrogens (tertiary/aromatic N) is 2. The number of benzene rings is 1. The highest BCUT2D eigenvalue weighted by Crippen LogP contribution is 2.25. The number of sulfonamides is 1. The van der Waals surface area contributed by atoms with E-state index in [1.165, 1.54) is 18.2 Å². The summed E-state index contributed by atoms with van der Waals surface area (Å²) < 4.78 is 46.6. The Morgan fingerprint density at radius 1 is 1.25 bits per heavy atom. The van der Waals surface area contributed by atoms with Gasteiger partial charge in [-0.25, -0.2) is 12.8 Å². The number of morpholine rings is 1. The molecule has 2 fully saturated rings. The zero-order valence-corrected chi connectivity index (χ0v) is 15.2.